The van der Waals surface area contributed by atoms with Crippen molar-refractivity contribution < 1.29 is 0 Å². The Morgan fingerprint density at radius 2 is 2.33 bits per heavy atom. The molecule has 1 heterocycles. The summed E-state index contributed by atoms with van der Waals surface area (Å²) in [5.41, 5.74) is 7.98. The molecular formula is C9H17N3. The van der Waals surface area contributed by atoms with Gasteiger partial charge in [-0.25, -0.2) is 0 Å². The van der Waals surface area contributed by atoms with Crippen molar-refractivity contribution in [3.05, 3.63) is 17.5 Å². The SMILES string of the molecule is CCCn1cc([C@H](C)N)c(C)n1. The van der Waals surface area contributed by atoms with E-state index in [4.69, 9.17) is 5.73 Å². The maximum Gasteiger partial charge on any atom is 0.0641 e. The maximum atomic E-state index is 5.77. The summed E-state index contributed by atoms with van der Waals surface area (Å²) < 4.78 is 1.97. The number of aromatic nitrogens is 2. The lowest BCUT2D eigenvalue weighted by Gasteiger charge is -2.00. The van der Waals surface area contributed by atoms with Gasteiger partial charge in [-0.2, -0.15) is 5.10 Å². The molecule has 0 radical (unpaired) electrons. The van der Waals surface area contributed by atoms with Crippen molar-refractivity contribution in [2.24, 2.45) is 5.73 Å². The molecular weight excluding hydrogens is 150 g/mol. The summed E-state index contributed by atoms with van der Waals surface area (Å²) in [4.78, 5) is 0. The van der Waals surface area contributed by atoms with E-state index in [-0.39, 0.29) is 6.04 Å². The van der Waals surface area contributed by atoms with Crippen molar-refractivity contribution in [3.63, 3.8) is 0 Å². The van der Waals surface area contributed by atoms with Crippen molar-refractivity contribution in [2.75, 3.05) is 0 Å². The third-order valence-electron chi connectivity index (χ3n) is 1.93. The van der Waals surface area contributed by atoms with Crippen LogP contribution in [0.3, 0.4) is 0 Å². The lowest BCUT2D eigenvalue weighted by atomic mass is 10.1. The van der Waals surface area contributed by atoms with E-state index in [9.17, 15) is 0 Å². The molecule has 3 nitrogen and oxygen atoms in total. The van der Waals surface area contributed by atoms with Crippen molar-refractivity contribution in [1.82, 2.24) is 9.78 Å². The maximum absolute atomic E-state index is 5.77. The lowest BCUT2D eigenvalue weighted by Crippen LogP contribution is -2.05. The van der Waals surface area contributed by atoms with Crippen LogP contribution in [-0.2, 0) is 6.54 Å². The van der Waals surface area contributed by atoms with Crippen molar-refractivity contribution >= 4 is 0 Å². The zero-order valence-electron chi connectivity index (χ0n) is 8.04. The minimum Gasteiger partial charge on any atom is -0.324 e. The predicted octanol–water partition coefficient (Wildman–Crippen LogP) is 1.62. The van der Waals surface area contributed by atoms with Gasteiger partial charge in [0.25, 0.3) is 0 Å². The second-order valence-electron chi connectivity index (χ2n) is 3.22. The summed E-state index contributed by atoms with van der Waals surface area (Å²) in [6, 6.07) is 0.0932. The Bertz CT molecular complexity index is 250. The molecule has 2 N–H and O–H groups in total. The van der Waals surface area contributed by atoms with Crippen molar-refractivity contribution in [1.29, 1.82) is 0 Å². The van der Waals surface area contributed by atoms with E-state index < -0.39 is 0 Å². The third-order valence-corrected chi connectivity index (χ3v) is 1.93. The van der Waals surface area contributed by atoms with Crippen LogP contribution < -0.4 is 5.73 Å². The van der Waals surface area contributed by atoms with Gasteiger partial charge in [-0.1, -0.05) is 6.92 Å². The monoisotopic (exact) mass is 167 g/mol. The molecule has 0 saturated heterocycles. The summed E-state index contributed by atoms with van der Waals surface area (Å²) in [5.74, 6) is 0. The summed E-state index contributed by atoms with van der Waals surface area (Å²) in [6.07, 6.45) is 3.16. The van der Waals surface area contributed by atoms with Crippen molar-refractivity contribution in [2.45, 2.75) is 39.8 Å². The van der Waals surface area contributed by atoms with Crippen LogP contribution in [0, 0.1) is 6.92 Å². The predicted molar refractivity (Wildman–Crippen MR) is 49.9 cm³/mol. The Kier molecular flexibility index (Phi) is 2.87. The molecule has 68 valence electrons. The Morgan fingerprint density at radius 3 is 2.75 bits per heavy atom. The topological polar surface area (TPSA) is 43.8 Å². The summed E-state index contributed by atoms with van der Waals surface area (Å²) in [5, 5.41) is 4.36. The zero-order chi connectivity index (χ0) is 9.14. The summed E-state index contributed by atoms with van der Waals surface area (Å²) in [6.45, 7) is 7.11. The Morgan fingerprint density at radius 1 is 1.67 bits per heavy atom. The molecule has 0 unspecified atom stereocenters. The van der Waals surface area contributed by atoms with Gasteiger partial charge in [-0.05, 0) is 20.3 Å². The second kappa shape index (κ2) is 3.72. The summed E-state index contributed by atoms with van der Waals surface area (Å²) in [7, 11) is 0. The first-order valence-corrected chi connectivity index (χ1v) is 4.44. The van der Waals surface area contributed by atoms with Gasteiger partial charge in [0.2, 0.25) is 0 Å². The van der Waals surface area contributed by atoms with Gasteiger partial charge in [0.1, 0.15) is 0 Å². The molecule has 1 rings (SSSR count). The average Bonchev–Trinajstić information content (AvgIpc) is 2.32. The van der Waals surface area contributed by atoms with Crippen LogP contribution in [0.2, 0.25) is 0 Å². The normalized spacial score (nSPS) is 13.3. The van der Waals surface area contributed by atoms with Gasteiger partial charge < -0.3 is 5.73 Å². The van der Waals surface area contributed by atoms with Gasteiger partial charge >= 0.3 is 0 Å². The highest BCUT2D eigenvalue weighted by Gasteiger charge is 2.07. The molecule has 1 atom stereocenters. The first kappa shape index (κ1) is 9.26. The molecule has 0 amide bonds. The van der Waals surface area contributed by atoms with E-state index in [1.165, 1.54) is 0 Å². The molecule has 0 fully saturated rings. The van der Waals surface area contributed by atoms with Gasteiger partial charge in [0.15, 0.2) is 0 Å². The molecule has 0 saturated carbocycles. The zero-order valence-corrected chi connectivity index (χ0v) is 8.04. The van der Waals surface area contributed by atoms with E-state index in [1.54, 1.807) is 0 Å². The molecule has 0 aliphatic carbocycles. The lowest BCUT2D eigenvalue weighted by molar-refractivity contribution is 0.597. The van der Waals surface area contributed by atoms with Crippen LogP contribution >= 0.6 is 0 Å². The highest BCUT2D eigenvalue weighted by molar-refractivity contribution is 5.18. The van der Waals surface area contributed by atoms with E-state index in [2.05, 4.69) is 12.0 Å². The average molecular weight is 167 g/mol. The fourth-order valence-electron chi connectivity index (χ4n) is 1.32. The highest BCUT2D eigenvalue weighted by atomic mass is 15.3. The Balaban J connectivity index is 2.85. The van der Waals surface area contributed by atoms with Crippen molar-refractivity contribution in [3.8, 4) is 0 Å². The number of hydrogen-bond acceptors (Lipinski definition) is 2. The molecule has 0 aliphatic rings. The molecule has 0 aromatic carbocycles. The van der Waals surface area contributed by atoms with Gasteiger partial charge in [-0.3, -0.25) is 4.68 Å². The van der Waals surface area contributed by atoms with Crippen LogP contribution in [0.5, 0.6) is 0 Å². The largest absolute Gasteiger partial charge is 0.324 e. The van der Waals surface area contributed by atoms with Gasteiger partial charge in [0, 0.05) is 24.3 Å². The number of hydrogen-bond donors (Lipinski definition) is 1. The fraction of sp³-hybridized carbons (Fsp3) is 0.667. The Labute approximate surface area is 73.6 Å². The number of aryl methyl sites for hydroxylation is 2. The molecule has 3 heteroatoms. The minimum absolute atomic E-state index is 0.0932. The molecule has 0 spiro atoms. The standard InChI is InChI=1S/C9H17N3/c1-4-5-12-6-9(7(2)10)8(3)11-12/h6-7H,4-5,10H2,1-3H3/t7-/m0/s1. The molecule has 0 bridgehead atoms. The Hall–Kier alpha value is -0.830. The number of nitrogens with two attached hydrogens (primary N) is 1. The highest BCUT2D eigenvalue weighted by Crippen LogP contribution is 2.13. The third kappa shape index (κ3) is 1.85. The first-order valence-electron chi connectivity index (χ1n) is 4.44. The molecule has 1 aromatic rings. The van der Waals surface area contributed by atoms with Crippen LogP contribution in [0.25, 0.3) is 0 Å². The van der Waals surface area contributed by atoms with Crippen LogP contribution in [0.15, 0.2) is 6.20 Å². The quantitative estimate of drug-likeness (QED) is 0.743. The van der Waals surface area contributed by atoms with E-state index in [1.807, 2.05) is 24.7 Å². The van der Waals surface area contributed by atoms with E-state index in [0.717, 1.165) is 24.2 Å². The van der Waals surface area contributed by atoms with E-state index >= 15 is 0 Å². The van der Waals surface area contributed by atoms with E-state index in [0.29, 0.717) is 0 Å². The fourth-order valence-corrected chi connectivity index (χ4v) is 1.32. The van der Waals surface area contributed by atoms with Gasteiger partial charge in [0.05, 0.1) is 5.69 Å². The van der Waals surface area contributed by atoms with Crippen LogP contribution in [0.4, 0.5) is 0 Å². The molecule has 1 aromatic heterocycles. The molecule has 0 aliphatic heterocycles. The van der Waals surface area contributed by atoms with Crippen LogP contribution in [-0.4, -0.2) is 9.78 Å². The minimum atomic E-state index is 0.0932. The summed E-state index contributed by atoms with van der Waals surface area (Å²) >= 11 is 0. The second-order valence-corrected chi connectivity index (χ2v) is 3.22. The smallest absolute Gasteiger partial charge is 0.0641 e. The number of nitrogens with zero attached hydrogens (tertiary/aromatic N) is 2. The van der Waals surface area contributed by atoms with Crippen LogP contribution in [0.1, 0.15) is 37.6 Å². The van der Waals surface area contributed by atoms with Gasteiger partial charge in [-0.15, -0.1) is 0 Å². The number of rotatable bonds is 3. The first-order chi connectivity index (χ1) is 5.65. The molecule has 12 heavy (non-hydrogen) atoms.